The van der Waals surface area contributed by atoms with E-state index in [0.29, 0.717) is 11.8 Å². The number of hydrogen-bond acceptors (Lipinski definition) is 2. The van der Waals surface area contributed by atoms with E-state index in [4.69, 9.17) is 0 Å². The largest absolute Gasteiger partial charge is 0.377 e. The molecule has 0 bridgehead atoms. The fraction of sp³-hybridized carbons (Fsp3) is 0.286. The average Bonchev–Trinajstić information content (AvgIpc) is 3.10. The molecular formula is C21H21BrN2O. The molecule has 0 unspecified atom stereocenters. The Morgan fingerprint density at radius 2 is 1.92 bits per heavy atom. The van der Waals surface area contributed by atoms with Crippen LogP contribution in [-0.4, -0.2) is 24.9 Å². The molecule has 0 radical (unpaired) electrons. The van der Waals surface area contributed by atoms with Crippen molar-refractivity contribution in [3.8, 4) is 0 Å². The number of benzene rings is 2. The second-order valence-electron chi connectivity index (χ2n) is 7.00. The lowest BCUT2D eigenvalue weighted by Crippen LogP contribution is -2.31. The Bertz CT molecular complexity index is 841. The van der Waals surface area contributed by atoms with Gasteiger partial charge in [-0.1, -0.05) is 52.3 Å². The van der Waals surface area contributed by atoms with Crippen LogP contribution in [0.3, 0.4) is 0 Å². The Morgan fingerprint density at radius 3 is 2.64 bits per heavy atom. The van der Waals surface area contributed by atoms with Crippen LogP contribution >= 0.6 is 15.9 Å². The molecule has 128 valence electrons. The molecule has 0 saturated heterocycles. The summed E-state index contributed by atoms with van der Waals surface area (Å²) in [6.07, 6.45) is 5.64. The monoisotopic (exact) mass is 396 g/mol. The molecule has 3 nitrogen and oxygen atoms in total. The molecule has 2 aromatic rings. The second kappa shape index (κ2) is 6.34. The van der Waals surface area contributed by atoms with E-state index in [1.165, 1.54) is 11.1 Å². The van der Waals surface area contributed by atoms with Gasteiger partial charge in [0.05, 0.1) is 17.3 Å². The molecule has 4 heteroatoms. The van der Waals surface area contributed by atoms with Crippen LogP contribution in [0.5, 0.6) is 0 Å². The lowest BCUT2D eigenvalue weighted by Gasteiger charge is -2.38. The van der Waals surface area contributed by atoms with Gasteiger partial charge in [0, 0.05) is 24.5 Å². The number of carbonyl (C=O) groups excluding carboxylic acids is 1. The van der Waals surface area contributed by atoms with Crippen molar-refractivity contribution in [1.82, 2.24) is 4.90 Å². The quantitative estimate of drug-likeness (QED) is 0.726. The maximum atomic E-state index is 12.7. The van der Waals surface area contributed by atoms with Gasteiger partial charge in [-0.2, -0.15) is 0 Å². The SMILES string of the molecule is CN(C)C(=O)c1cccc2c1N[C@@H](c1ccc(Br)cc1)[C@@H]1CC=C[C@H]21. The smallest absolute Gasteiger partial charge is 0.255 e. The van der Waals surface area contributed by atoms with Gasteiger partial charge in [0.25, 0.3) is 5.91 Å². The molecule has 2 aromatic carbocycles. The Hall–Kier alpha value is -2.07. The highest BCUT2D eigenvalue weighted by molar-refractivity contribution is 9.10. The number of anilines is 1. The van der Waals surface area contributed by atoms with Crippen molar-refractivity contribution in [1.29, 1.82) is 0 Å². The topological polar surface area (TPSA) is 32.3 Å². The zero-order chi connectivity index (χ0) is 17.6. The number of rotatable bonds is 2. The molecule has 1 amide bonds. The van der Waals surface area contributed by atoms with Crippen LogP contribution in [0.25, 0.3) is 0 Å². The molecule has 0 fully saturated rings. The number of halogens is 1. The first-order chi connectivity index (χ1) is 12.1. The number of hydrogen-bond donors (Lipinski definition) is 1. The molecule has 25 heavy (non-hydrogen) atoms. The van der Waals surface area contributed by atoms with E-state index in [0.717, 1.165) is 22.1 Å². The van der Waals surface area contributed by atoms with Crippen molar-refractivity contribution in [2.75, 3.05) is 19.4 Å². The zero-order valence-electron chi connectivity index (χ0n) is 14.4. The summed E-state index contributed by atoms with van der Waals surface area (Å²) < 4.78 is 1.08. The van der Waals surface area contributed by atoms with Gasteiger partial charge < -0.3 is 10.2 Å². The molecule has 1 aliphatic carbocycles. The van der Waals surface area contributed by atoms with Gasteiger partial charge >= 0.3 is 0 Å². The lowest BCUT2D eigenvalue weighted by molar-refractivity contribution is 0.0828. The number of allylic oxidation sites excluding steroid dienone is 2. The van der Waals surface area contributed by atoms with Crippen LogP contribution in [0.1, 0.15) is 39.9 Å². The third-order valence-corrected chi connectivity index (χ3v) is 5.79. The van der Waals surface area contributed by atoms with Crippen LogP contribution in [-0.2, 0) is 0 Å². The third kappa shape index (κ3) is 2.78. The predicted molar refractivity (Wildman–Crippen MR) is 105 cm³/mol. The molecule has 0 saturated carbocycles. The zero-order valence-corrected chi connectivity index (χ0v) is 16.0. The van der Waals surface area contributed by atoms with E-state index in [2.05, 4.69) is 63.7 Å². The third-order valence-electron chi connectivity index (χ3n) is 5.26. The molecular weight excluding hydrogens is 376 g/mol. The van der Waals surface area contributed by atoms with Crippen molar-refractivity contribution in [3.63, 3.8) is 0 Å². The summed E-state index contributed by atoms with van der Waals surface area (Å²) in [5.41, 5.74) is 4.24. The van der Waals surface area contributed by atoms with E-state index >= 15 is 0 Å². The van der Waals surface area contributed by atoms with E-state index in [1.807, 2.05) is 12.1 Å². The first-order valence-corrected chi connectivity index (χ1v) is 9.39. The normalized spacial score (nSPS) is 23.6. The molecule has 2 aliphatic rings. The number of nitrogens with one attached hydrogen (secondary N) is 1. The van der Waals surface area contributed by atoms with Crippen molar-refractivity contribution in [2.45, 2.75) is 18.4 Å². The molecule has 0 spiro atoms. The van der Waals surface area contributed by atoms with Crippen molar-refractivity contribution in [2.24, 2.45) is 5.92 Å². The molecule has 1 N–H and O–H groups in total. The summed E-state index contributed by atoms with van der Waals surface area (Å²) in [4.78, 5) is 14.3. The Balaban J connectivity index is 1.81. The maximum Gasteiger partial charge on any atom is 0.255 e. The number of amides is 1. The summed E-state index contributed by atoms with van der Waals surface area (Å²) in [6, 6.07) is 14.8. The summed E-state index contributed by atoms with van der Waals surface area (Å²) in [5.74, 6) is 0.887. The molecule has 0 aromatic heterocycles. The van der Waals surface area contributed by atoms with E-state index in [9.17, 15) is 4.79 Å². The van der Waals surface area contributed by atoms with Gasteiger partial charge in [-0.3, -0.25) is 4.79 Å². The fourth-order valence-electron chi connectivity index (χ4n) is 4.04. The summed E-state index contributed by atoms with van der Waals surface area (Å²) >= 11 is 3.52. The average molecular weight is 397 g/mol. The highest BCUT2D eigenvalue weighted by Crippen LogP contribution is 2.50. The maximum absolute atomic E-state index is 12.7. The molecule has 4 rings (SSSR count). The van der Waals surface area contributed by atoms with Crippen LogP contribution in [0.2, 0.25) is 0 Å². The van der Waals surface area contributed by atoms with E-state index in [-0.39, 0.29) is 11.9 Å². The van der Waals surface area contributed by atoms with Gasteiger partial charge in [-0.25, -0.2) is 0 Å². The number of fused-ring (bicyclic) bond motifs is 3. The Kier molecular flexibility index (Phi) is 4.16. The molecule has 1 aliphatic heterocycles. The number of para-hydroxylation sites is 1. The van der Waals surface area contributed by atoms with Crippen LogP contribution in [0.4, 0.5) is 5.69 Å². The summed E-state index contributed by atoms with van der Waals surface area (Å²) in [6.45, 7) is 0. The number of carbonyl (C=O) groups is 1. The van der Waals surface area contributed by atoms with Crippen LogP contribution in [0, 0.1) is 5.92 Å². The summed E-state index contributed by atoms with van der Waals surface area (Å²) in [7, 11) is 3.60. The van der Waals surface area contributed by atoms with Crippen molar-refractivity contribution >= 4 is 27.5 Å². The molecule has 3 atom stereocenters. The van der Waals surface area contributed by atoms with Crippen LogP contribution in [0.15, 0.2) is 59.1 Å². The highest BCUT2D eigenvalue weighted by atomic mass is 79.9. The van der Waals surface area contributed by atoms with Crippen LogP contribution < -0.4 is 5.32 Å². The minimum Gasteiger partial charge on any atom is -0.377 e. The van der Waals surface area contributed by atoms with Gasteiger partial charge in [-0.15, -0.1) is 0 Å². The minimum atomic E-state index is 0.0410. The highest BCUT2D eigenvalue weighted by Gasteiger charge is 2.39. The Morgan fingerprint density at radius 1 is 1.16 bits per heavy atom. The number of nitrogens with zero attached hydrogens (tertiary/aromatic N) is 1. The van der Waals surface area contributed by atoms with Crippen molar-refractivity contribution in [3.05, 3.63) is 75.8 Å². The Labute approximate surface area is 156 Å². The second-order valence-corrected chi connectivity index (χ2v) is 7.91. The molecule has 1 heterocycles. The fourth-order valence-corrected chi connectivity index (χ4v) is 4.31. The van der Waals surface area contributed by atoms with E-state index < -0.39 is 0 Å². The van der Waals surface area contributed by atoms with Gasteiger partial charge in [-0.05, 0) is 41.7 Å². The van der Waals surface area contributed by atoms with Gasteiger partial charge in [0.2, 0.25) is 0 Å². The van der Waals surface area contributed by atoms with Gasteiger partial charge in [0.15, 0.2) is 0 Å². The van der Waals surface area contributed by atoms with E-state index in [1.54, 1.807) is 19.0 Å². The minimum absolute atomic E-state index is 0.0410. The van der Waals surface area contributed by atoms with Crippen molar-refractivity contribution < 1.29 is 4.79 Å². The first-order valence-electron chi connectivity index (χ1n) is 8.59. The standard InChI is InChI=1S/C21H21BrN2O/c1-24(2)21(25)18-8-4-7-17-15-5-3-6-16(15)19(23-20(17)18)13-9-11-14(22)12-10-13/h3-5,7-12,15-16,19,23H,6H2,1-2H3/t15-,16+,19-/m0/s1. The first kappa shape index (κ1) is 16.4. The van der Waals surface area contributed by atoms with Gasteiger partial charge in [0.1, 0.15) is 0 Å². The summed E-state index contributed by atoms with van der Waals surface area (Å²) in [5, 5.41) is 3.71. The predicted octanol–water partition coefficient (Wildman–Crippen LogP) is 4.98. The lowest BCUT2D eigenvalue weighted by atomic mass is 9.76.